The second-order valence-corrected chi connectivity index (χ2v) is 7.65. The van der Waals surface area contributed by atoms with Crippen molar-refractivity contribution in [3.8, 4) is 11.6 Å². The van der Waals surface area contributed by atoms with E-state index in [1.54, 1.807) is 12.1 Å². The molecule has 1 aliphatic carbocycles. The van der Waals surface area contributed by atoms with Crippen LogP contribution < -0.4 is 15.6 Å². The van der Waals surface area contributed by atoms with Crippen molar-refractivity contribution in [3.63, 3.8) is 0 Å². The SMILES string of the molecule is CC[C@H](Oc1ccc(=O)n(-c2cc(Cl)ccc2C)n1)C(=O)NC1CCCCC1. The zero-order valence-corrected chi connectivity index (χ0v) is 17.0. The van der Waals surface area contributed by atoms with Gasteiger partial charge in [0, 0.05) is 23.2 Å². The lowest BCUT2D eigenvalue weighted by atomic mass is 9.95. The first-order valence-electron chi connectivity index (χ1n) is 9.82. The number of benzene rings is 1. The van der Waals surface area contributed by atoms with E-state index in [1.807, 2.05) is 19.9 Å². The van der Waals surface area contributed by atoms with Crippen LogP contribution in [-0.2, 0) is 4.79 Å². The Kier molecular flexibility index (Phi) is 6.73. The first-order chi connectivity index (χ1) is 13.5. The molecule has 1 saturated carbocycles. The van der Waals surface area contributed by atoms with Crippen molar-refractivity contribution in [2.24, 2.45) is 0 Å². The van der Waals surface area contributed by atoms with Crippen molar-refractivity contribution in [1.29, 1.82) is 0 Å². The van der Waals surface area contributed by atoms with Gasteiger partial charge in [-0.3, -0.25) is 9.59 Å². The molecule has 0 saturated heterocycles. The first kappa shape index (κ1) is 20.4. The Balaban J connectivity index is 1.78. The average molecular weight is 404 g/mol. The number of rotatable bonds is 6. The highest BCUT2D eigenvalue weighted by Crippen LogP contribution is 2.20. The number of hydrogen-bond acceptors (Lipinski definition) is 4. The van der Waals surface area contributed by atoms with Crippen molar-refractivity contribution in [1.82, 2.24) is 15.1 Å². The minimum absolute atomic E-state index is 0.132. The fourth-order valence-corrected chi connectivity index (χ4v) is 3.62. The van der Waals surface area contributed by atoms with E-state index in [9.17, 15) is 9.59 Å². The lowest BCUT2D eigenvalue weighted by Crippen LogP contribution is -2.44. The van der Waals surface area contributed by atoms with E-state index in [1.165, 1.54) is 23.2 Å². The van der Waals surface area contributed by atoms with Crippen LogP contribution in [0, 0.1) is 6.92 Å². The largest absolute Gasteiger partial charge is 0.463 e. The molecule has 0 unspecified atom stereocenters. The van der Waals surface area contributed by atoms with Gasteiger partial charge >= 0.3 is 0 Å². The number of amides is 1. The molecule has 1 aliphatic rings. The molecule has 0 aliphatic heterocycles. The predicted molar refractivity (Wildman–Crippen MR) is 109 cm³/mol. The normalized spacial score (nSPS) is 15.8. The molecule has 1 N–H and O–H groups in total. The van der Waals surface area contributed by atoms with E-state index >= 15 is 0 Å². The second kappa shape index (κ2) is 9.24. The summed E-state index contributed by atoms with van der Waals surface area (Å²) in [5.74, 6) is 0.0949. The molecule has 0 bridgehead atoms. The maximum atomic E-state index is 12.6. The standard InChI is InChI=1S/C21H26ClN3O3/c1-3-18(21(27)23-16-7-5-4-6-8-16)28-19-11-12-20(26)25(24-19)17-13-15(22)10-9-14(17)2/h9-13,16,18H,3-8H2,1-2H3,(H,23,27)/t18-/m0/s1. The van der Waals surface area contributed by atoms with Gasteiger partial charge in [-0.2, -0.15) is 4.68 Å². The Morgan fingerprint density at radius 1 is 1.29 bits per heavy atom. The fourth-order valence-electron chi connectivity index (χ4n) is 3.45. The molecule has 2 aromatic rings. The van der Waals surface area contributed by atoms with Gasteiger partial charge in [-0.15, -0.1) is 5.10 Å². The molecule has 0 radical (unpaired) electrons. The molecule has 1 aromatic carbocycles. The topological polar surface area (TPSA) is 73.2 Å². The summed E-state index contributed by atoms with van der Waals surface area (Å²) in [6.45, 7) is 3.77. The van der Waals surface area contributed by atoms with Crippen molar-refractivity contribution in [2.75, 3.05) is 0 Å². The molecule has 1 amide bonds. The molecule has 1 aromatic heterocycles. The van der Waals surface area contributed by atoms with E-state index in [0.717, 1.165) is 31.2 Å². The van der Waals surface area contributed by atoms with Gasteiger partial charge in [0.2, 0.25) is 5.88 Å². The van der Waals surface area contributed by atoms with Gasteiger partial charge < -0.3 is 10.1 Å². The quantitative estimate of drug-likeness (QED) is 0.796. The van der Waals surface area contributed by atoms with Crippen molar-refractivity contribution in [2.45, 2.75) is 64.5 Å². The summed E-state index contributed by atoms with van der Waals surface area (Å²) in [7, 11) is 0. The average Bonchev–Trinajstić information content (AvgIpc) is 2.70. The van der Waals surface area contributed by atoms with E-state index in [4.69, 9.17) is 16.3 Å². The second-order valence-electron chi connectivity index (χ2n) is 7.21. The molecular weight excluding hydrogens is 378 g/mol. The number of halogens is 1. The zero-order valence-electron chi connectivity index (χ0n) is 16.3. The van der Waals surface area contributed by atoms with Crippen LogP contribution in [0.2, 0.25) is 5.02 Å². The molecule has 0 spiro atoms. The molecule has 6 nitrogen and oxygen atoms in total. The number of carbonyl (C=O) groups excluding carboxylic acids is 1. The van der Waals surface area contributed by atoms with Gasteiger partial charge in [0.15, 0.2) is 6.10 Å². The van der Waals surface area contributed by atoms with Crippen LogP contribution in [0.5, 0.6) is 5.88 Å². The summed E-state index contributed by atoms with van der Waals surface area (Å²) in [5.41, 5.74) is 1.15. The van der Waals surface area contributed by atoms with Crippen molar-refractivity contribution >= 4 is 17.5 Å². The minimum Gasteiger partial charge on any atom is -0.463 e. The number of aromatic nitrogens is 2. The Labute approximate surface area is 169 Å². The molecule has 1 atom stereocenters. The summed E-state index contributed by atoms with van der Waals surface area (Å²) in [5, 5.41) is 7.90. The summed E-state index contributed by atoms with van der Waals surface area (Å²) in [6.07, 6.45) is 5.41. The van der Waals surface area contributed by atoms with Gasteiger partial charge in [0.1, 0.15) is 0 Å². The van der Waals surface area contributed by atoms with Crippen LogP contribution in [0.15, 0.2) is 35.1 Å². The lowest BCUT2D eigenvalue weighted by Gasteiger charge is -2.25. The van der Waals surface area contributed by atoms with Gasteiger partial charge in [0.05, 0.1) is 5.69 Å². The molecule has 7 heteroatoms. The van der Waals surface area contributed by atoms with Crippen molar-refractivity contribution < 1.29 is 9.53 Å². The van der Waals surface area contributed by atoms with Crippen LogP contribution in [0.4, 0.5) is 0 Å². The third-order valence-electron chi connectivity index (χ3n) is 5.05. The monoisotopic (exact) mass is 403 g/mol. The highest BCUT2D eigenvalue weighted by Gasteiger charge is 2.23. The molecule has 3 rings (SSSR count). The summed E-state index contributed by atoms with van der Waals surface area (Å²) in [4.78, 5) is 24.9. The number of hydrogen-bond donors (Lipinski definition) is 1. The molecule has 1 fully saturated rings. The smallest absolute Gasteiger partial charge is 0.271 e. The minimum atomic E-state index is -0.652. The highest BCUT2D eigenvalue weighted by atomic mass is 35.5. The fraction of sp³-hybridized carbons (Fsp3) is 0.476. The number of aryl methyl sites for hydroxylation is 1. The predicted octanol–water partition coefficient (Wildman–Crippen LogP) is 3.80. The van der Waals surface area contributed by atoms with Gasteiger partial charge in [0.25, 0.3) is 11.5 Å². The van der Waals surface area contributed by atoms with Gasteiger partial charge in [-0.25, -0.2) is 0 Å². The lowest BCUT2D eigenvalue weighted by molar-refractivity contribution is -0.129. The number of nitrogens with zero attached hydrogens (tertiary/aromatic N) is 2. The number of nitrogens with one attached hydrogen (secondary N) is 1. The van der Waals surface area contributed by atoms with E-state index in [2.05, 4.69) is 10.4 Å². The third kappa shape index (κ3) is 4.93. The Bertz CT molecular complexity index is 891. The number of ether oxygens (including phenoxy) is 1. The zero-order chi connectivity index (χ0) is 20.1. The Morgan fingerprint density at radius 2 is 2.04 bits per heavy atom. The summed E-state index contributed by atoms with van der Waals surface area (Å²) >= 11 is 6.07. The van der Waals surface area contributed by atoms with E-state index in [0.29, 0.717) is 17.1 Å². The Hall–Kier alpha value is -2.34. The van der Waals surface area contributed by atoms with Crippen LogP contribution in [0.25, 0.3) is 5.69 Å². The Morgan fingerprint density at radius 3 is 2.75 bits per heavy atom. The van der Waals surface area contributed by atoms with Crippen LogP contribution >= 0.6 is 11.6 Å². The maximum Gasteiger partial charge on any atom is 0.271 e. The third-order valence-corrected chi connectivity index (χ3v) is 5.29. The van der Waals surface area contributed by atoms with E-state index in [-0.39, 0.29) is 23.4 Å². The van der Waals surface area contributed by atoms with Crippen LogP contribution in [0.1, 0.15) is 51.0 Å². The van der Waals surface area contributed by atoms with Gasteiger partial charge in [-0.1, -0.05) is 43.9 Å². The highest BCUT2D eigenvalue weighted by molar-refractivity contribution is 6.30. The van der Waals surface area contributed by atoms with Crippen molar-refractivity contribution in [3.05, 3.63) is 51.3 Å². The molecule has 28 heavy (non-hydrogen) atoms. The molecule has 1 heterocycles. The maximum absolute atomic E-state index is 12.6. The first-order valence-corrected chi connectivity index (χ1v) is 10.2. The van der Waals surface area contributed by atoms with Gasteiger partial charge in [-0.05, 0) is 43.9 Å². The van der Waals surface area contributed by atoms with Crippen LogP contribution in [-0.4, -0.2) is 27.8 Å². The number of carbonyl (C=O) groups is 1. The molecular formula is C21H26ClN3O3. The summed E-state index contributed by atoms with van der Waals surface area (Å²) < 4.78 is 7.09. The van der Waals surface area contributed by atoms with E-state index < -0.39 is 6.10 Å². The van der Waals surface area contributed by atoms with Crippen LogP contribution in [0.3, 0.4) is 0 Å². The molecule has 150 valence electrons. The summed E-state index contributed by atoms with van der Waals surface area (Å²) in [6, 6.07) is 8.36.